The van der Waals surface area contributed by atoms with Crippen molar-refractivity contribution in [3.05, 3.63) is 53.9 Å². The highest BCUT2D eigenvalue weighted by molar-refractivity contribution is 6.28. The molecule has 2 aromatic rings. The maximum absolute atomic E-state index is 12.7. The fourth-order valence-electron chi connectivity index (χ4n) is 3.22. The lowest BCUT2D eigenvalue weighted by atomic mass is 9.88. The lowest BCUT2D eigenvalue weighted by molar-refractivity contribution is 0.0602. The van der Waals surface area contributed by atoms with Crippen molar-refractivity contribution >= 4 is 23.0 Å². The van der Waals surface area contributed by atoms with Crippen molar-refractivity contribution in [1.29, 1.82) is 5.26 Å². The first-order valence-corrected chi connectivity index (χ1v) is 7.67. The molecule has 1 aromatic heterocycles. The summed E-state index contributed by atoms with van der Waals surface area (Å²) in [7, 11) is 0. The molecule has 1 saturated heterocycles. The molecule has 0 spiro atoms. The average molecular weight is 318 g/mol. The Morgan fingerprint density at radius 3 is 2.83 bits per heavy atom. The van der Waals surface area contributed by atoms with Crippen LogP contribution < -0.4 is 4.90 Å². The summed E-state index contributed by atoms with van der Waals surface area (Å²) in [6.07, 6.45) is 3.71. The van der Waals surface area contributed by atoms with Crippen LogP contribution in [-0.2, 0) is 6.42 Å². The summed E-state index contributed by atoms with van der Waals surface area (Å²) < 4.78 is 0. The zero-order chi connectivity index (χ0) is 16.7. The Bertz CT molecular complexity index is 898. The van der Waals surface area contributed by atoms with E-state index in [2.05, 4.69) is 16.0 Å². The number of ketones is 1. The molecule has 0 radical (unpaired) electrons. The third-order valence-electron chi connectivity index (χ3n) is 4.50. The van der Waals surface area contributed by atoms with Crippen LogP contribution in [0, 0.1) is 11.3 Å². The number of amidine groups is 1. The summed E-state index contributed by atoms with van der Waals surface area (Å²) in [6, 6.07) is 11.2. The van der Waals surface area contributed by atoms with Gasteiger partial charge in [0, 0.05) is 24.8 Å². The third kappa shape index (κ3) is 2.02. The van der Waals surface area contributed by atoms with E-state index in [4.69, 9.17) is 5.26 Å². The highest BCUT2D eigenvalue weighted by Crippen LogP contribution is 2.38. The Labute approximate surface area is 138 Å². The van der Waals surface area contributed by atoms with Crippen molar-refractivity contribution in [2.75, 3.05) is 11.4 Å². The second-order valence-corrected chi connectivity index (χ2v) is 5.92. The zero-order valence-corrected chi connectivity index (χ0v) is 12.8. The van der Waals surface area contributed by atoms with Gasteiger partial charge in [-0.15, -0.1) is 0 Å². The lowest BCUT2D eigenvalue weighted by Crippen LogP contribution is -2.48. The van der Waals surface area contributed by atoms with Crippen molar-refractivity contribution in [3.8, 4) is 6.07 Å². The predicted octanol–water partition coefficient (Wildman–Crippen LogP) is 2.02. The molecule has 0 amide bonds. The predicted molar refractivity (Wildman–Crippen MR) is 88.3 cm³/mol. The monoisotopic (exact) mass is 318 g/mol. The van der Waals surface area contributed by atoms with Gasteiger partial charge in [-0.1, -0.05) is 12.1 Å². The highest BCUT2D eigenvalue weighted by atomic mass is 16.3. The largest absolute Gasteiger partial charge is 0.374 e. The lowest BCUT2D eigenvalue weighted by Gasteiger charge is -2.29. The van der Waals surface area contributed by atoms with E-state index in [0.717, 1.165) is 11.3 Å². The Morgan fingerprint density at radius 1 is 1.29 bits per heavy atom. The molecule has 1 atom stereocenters. The Morgan fingerprint density at radius 2 is 2.08 bits per heavy atom. The van der Waals surface area contributed by atoms with Gasteiger partial charge < -0.3 is 10.0 Å². The second-order valence-electron chi connectivity index (χ2n) is 5.92. The highest BCUT2D eigenvalue weighted by Gasteiger charge is 2.52. The molecule has 4 rings (SSSR count). The van der Waals surface area contributed by atoms with E-state index in [1.807, 2.05) is 29.2 Å². The molecule has 1 fully saturated rings. The molecule has 1 unspecified atom stereocenters. The normalized spacial score (nSPS) is 21.8. The number of Topliss-reactive ketones (excluding diaryl/α,β-unsaturated/α-hetero) is 1. The van der Waals surface area contributed by atoms with Crippen LogP contribution in [0.4, 0.5) is 11.4 Å². The molecule has 0 bridgehead atoms. The number of nitriles is 1. The zero-order valence-electron chi connectivity index (χ0n) is 12.8. The van der Waals surface area contributed by atoms with E-state index in [1.54, 1.807) is 6.07 Å². The molecule has 1 N–H and O–H groups in total. The van der Waals surface area contributed by atoms with Gasteiger partial charge in [-0.25, -0.2) is 4.99 Å². The number of aliphatic imine (C=N–C) groups is 1. The van der Waals surface area contributed by atoms with Gasteiger partial charge in [0.05, 0.1) is 29.9 Å². The van der Waals surface area contributed by atoms with Crippen molar-refractivity contribution in [2.24, 2.45) is 4.99 Å². The van der Waals surface area contributed by atoms with Crippen molar-refractivity contribution in [1.82, 2.24) is 4.98 Å². The van der Waals surface area contributed by atoms with Crippen LogP contribution in [-0.4, -0.2) is 33.9 Å². The number of hydrogen-bond acceptors (Lipinski definition) is 6. The van der Waals surface area contributed by atoms with Crippen LogP contribution in [0.3, 0.4) is 0 Å². The molecule has 3 heterocycles. The molecular weight excluding hydrogens is 304 g/mol. The van der Waals surface area contributed by atoms with E-state index < -0.39 is 5.60 Å². The number of nitrogens with zero attached hydrogens (tertiary/aromatic N) is 4. The van der Waals surface area contributed by atoms with Crippen LogP contribution in [0.1, 0.15) is 22.3 Å². The van der Waals surface area contributed by atoms with Crippen LogP contribution in [0.25, 0.3) is 0 Å². The molecule has 0 saturated carbocycles. The number of aromatic nitrogens is 1. The first-order valence-electron chi connectivity index (χ1n) is 7.67. The van der Waals surface area contributed by atoms with Gasteiger partial charge in [0.25, 0.3) is 0 Å². The van der Waals surface area contributed by atoms with Gasteiger partial charge in [-0.05, 0) is 23.8 Å². The summed E-state index contributed by atoms with van der Waals surface area (Å²) in [5.41, 5.74) is 1.07. The third-order valence-corrected chi connectivity index (χ3v) is 4.50. The minimum Gasteiger partial charge on any atom is -0.374 e. The number of aliphatic hydroxyl groups is 1. The van der Waals surface area contributed by atoms with Crippen LogP contribution >= 0.6 is 0 Å². The van der Waals surface area contributed by atoms with E-state index >= 15 is 0 Å². The van der Waals surface area contributed by atoms with E-state index in [1.165, 1.54) is 12.4 Å². The Balaban J connectivity index is 1.77. The molecule has 6 heteroatoms. The molecule has 118 valence electrons. The van der Waals surface area contributed by atoms with Crippen molar-refractivity contribution in [2.45, 2.75) is 18.4 Å². The summed E-state index contributed by atoms with van der Waals surface area (Å²) >= 11 is 0. The molecule has 1 aromatic carbocycles. The number of carbonyl (C=O) groups is 1. The minimum atomic E-state index is -1.58. The quantitative estimate of drug-likeness (QED) is 0.915. The molecule has 2 aliphatic rings. The van der Waals surface area contributed by atoms with Crippen LogP contribution in [0.15, 0.2) is 47.7 Å². The number of anilines is 1. The summed E-state index contributed by atoms with van der Waals surface area (Å²) in [4.78, 5) is 23.1. The Hall–Kier alpha value is -3.04. The van der Waals surface area contributed by atoms with Crippen molar-refractivity contribution in [3.63, 3.8) is 0 Å². The molecule has 0 aliphatic carbocycles. The van der Waals surface area contributed by atoms with Gasteiger partial charge in [0.2, 0.25) is 5.78 Å². The number of carbonyl (C=O) groups excluding carboxylic acids is 1. The van der Waals surface area contributed by atoms with Gasteiger partial charge in [0.15, 0.2) is 5.60 Å². The van der Waals surface area contributed by atoms with E-state index in [9.17, 15) is 9.90 Å². The SMILES string of the molecule is N#CCc1ccc(N2CCC3(O)C(=O)c4ccncc4N=C23)cc1. The maximum Gasteiger partial charge on any atom is 0.204 e. The summed E-state index contributed by atoms with van der Waals surface area (Å²) in [5.74, 6) is 0.0227. The number of hydrogen-bond donors (Lipinski definition) is 1. The Kier molecular flexibility index (Phi) is 3.18. The maximum atomic E-state index is 12.7. The topological polar surface area (TPSA) is 89.6 Å². The van der Waals surface area contributed by atoms with Crippen LogP contribution in [0.5, 0.6) is 0 Å². The van der Waals surface area contributed by atoms with E-state index in [-0.39, 0.29) is 5.78 Å². The number of fused-ring (bicyclic) bond motifs is 2. The smallest absolute Gasteiger partial charge is 0.204 e. The fraction of sp³-hybridized carbons (Fsp3) is 0.222. The van der Waals surface area contributed by atoms with Crippen molar-refractivity contribution < 1.29 is 9.90 Å². The second kappa shape index (κ2) is 5.25. The first kappa shape index (κ1) is 14.5. The van der Waals surface area contributed by atoms with Gasteiger partial charge in [0.1, 0.15) is 5.84 Å². The number of pyridine rings is 1. The number of benzene rings is 1. The first-order chi connectivity index (χ1) is 11.6. The molecule has 24 heavy (non-hydrogen) atoms. The van der Waals surface area contributed by atoms with Gasteiger partial charge in [-0.2, -0.15) is 5.26 Å². The van der Waals surface area contributed by atoms with Gasteiger partial charge in [-0.3, -0.25) is 9.78 Å². The number of rotatable bonds is 2. The van der Waals surface area contributed by atoms with E-state index in [0.29, 0.717) is 36.5 Å². The average Bonchev–Trinajstić information content (AvgIpc) is 2.95. The summed E-state index contributed by atoms with van der Waals surface area (Å²) in [6.45, 7) is 0.500. The van der Waals surface area contributed by atoms with Crippen LogP contribution in [0.2, 0.25) is 0 Å². The minimum absolute atomic E-state index is 0.298. The standard InChI is InChI=1S/C18H14N4O2/c19-8-5-12-1-3-13(4-2-12)22-10-7-18(24)16(23)14-6-9-20-11-15(14)21-17(18)22/h1-4,6,9,11,24H,5,7,10H2. The molecular formula is C18H14N4O2. The van der Waals surface area contributed by atoms with Gasteiger partial charge >= 0.3 is 0 Å². The summed E-state index contributed by atoms with van der Waals surface area (Å²) in [5, 5.41) is 19.7. The molecule has 6 nitrogen and oxygen atoms in total. The molecule has 2 aliphatic heterocycles. The fourth-order valence-corrected chi connectivity index (χ4v) is 3.22.